The third kappa shape index (κ3) is 6.07. The molecule has 1 amide bonds. The number of nitrogens with zero attached hydrogens (tertiary/aromatic N) is 6. The quantitative estimate of drug-likeness (QED) is 0.219. The Bertz CT molecular complexity index is 1750. The highest BCUT2D eigenvalue weighted by atomic mass is 35.5. The second kappa shape index (κ2) is 13.3. The van der Waals surface area contributed by atoms with Gasteiger partial charge in [-0.05, 0) is 74.4 Å². The van der Waals surface area contributed by atoms with Crippen molar-refractivity contribution in [3.05, 3.63) is 70.3 Å². The van der Waals surface area contributed by atoms with E-state index in [9.17, 15) is 14.4 Å². The Morgan fingerprint density at radius 2 is 2.11 bits per heavy atom. The number of benzene rings is 2. The molecule has 0 saturated carbocycles. The van der Waals surface area contributed by atoms with E-state index in [1.807, 2.05) is 28.8 Å². The van der Waals surface area contributed by atoms with Crippen molar-refractivity contribution in [2.24, 2.45) is 0 Å². The molecule has 6 rings (SSSR count). The second-order valence-corrected chi connectivity index (χ2v) is 13.3. The van der Waals surface area contributed by atoms with E-state index in [1.165, 1.54) is 15.4 Å². The number of hydrogen-bond acceptors (Lipinski definition) is 7. The van der Waals surface area contributed by atoms with Gasteiger partial charge < -0.3 is 24.3 Å². The number of nitriles is 1. The summed E-state index contributed by atoms with van der Waals surface area (Å²) in [5.41, 5.74) is 4.73. The van der Waals surface area contributed by atoms with Crippen LogP contribution in [0.3, 0.4) is 0 Å². The fourth-order valence-corrected chi connectivity index (χ4v) is 8.07. The fraction of sp³-hybridized carbons (Fsp3) is 0.412. The minimum Gasteiger partial charge on any atom is -0.475 e. The Morgan fingerprint density at radius 3 is 2.84 bits per heavy atom. The van der Waals surface area contributed by atoms with Gasteiger partial charge in [-0.2, -0.15) is 5.26 Å². The number of pyridine rings is 1. The van der Waals surface area contributed by atoms with Gasteiger partial charge in [-0.15, -0.1) is 11.8 Å². The van der Waals surface area contributed by atoms with Gasteiger partial charge >= 0.3 is 0 Å². The summed E-state index contributed by atoms with van der Waals surface area (Å²) in [5.74, 6) is -0.534. The third-order valence-electron chi connectivity index (χ3n) is 9.05. The number of rotatable bonds is 7. The molecule has 8 nitrogen and oxygen atoms in total. The van der Waals surface area contributed by atoms with E-state index in [2.05, 4.69) is 47.6 Å². The van der Waals surface area contributed by atoms with Gasteiger partial charge in [0.05, 0.1) is 11.2 Å². The molecule has 0 aliphatic carbocycles. The van der Waals surface area contributed by atoms with E-state index in [0.29, 0.717) is 34.8 Å². The average Bonchev–Trinajstić information content (AvgIpc) is 3.46. The van der Waals surface area contributed by atoms with E-state index >= 15 is 0 Å². The maximum Gasteiger partial charge on any atom is 0.282 e. The molecule has 0 radical (unpaired) electrons. The number of piperazine rings is 1. The number of carbonyl (C=O) groups excluding carboxylic acids is 1. The molecule has 3 aliphatic heterocycles. The van der Waals surface area contributed by atoms with E-state index in [1.54, 1.807) is 0 Å². The van der Waals surface area contributed by atoms with Crippen molar-refractivity contribution in [1.29, 1.82) is 5.26 Å². The third-order valence-corrected chi connectivity index (χ3v) is 10.6. The number of aromatic nitrogens is 1. The minimum absolute atomic E-state index is 0.0141. The van der Waals surface area contributed by atoms with Gasteiger partial charge in [-0.25, -0.2) is 15.9 Å². The van der Waals surface area contributed by atoms with Crippen molar-refractivity contribution in [2.45, 2.75) is 42.7 Å². The number of halogens is 2. The number of hydrogen-bond donors (Lipinski definition) is 0. The van der Waals surface area contributed by atoms with Crippen LogP contribution in [-0.4, -0.2) is 84.9 Å². The maximum absolute atomic E-state index is 13.9. The topological polar surface area (TPSA) is 77.1 Å². The summed E-state index contributed by atoms with van der Waals surface area (Å²) >= 11 is 8.91. The summed E-state index contributed by atoms with van der Waals surface area (Å²) in [6.07, 6.45) is 4.16. The first-order valence-electron chi connectivity index (χ1n) is 15.2. The van der Waals surface area contributed by atoms with E-state index in [0.717, 1.165) is 49.1 Å². The SMILES string of the molecule is [C-]#[N+]C[C@H]1CN(c2c(C#N)c(OC[C@@H]3CCCN3C)nc3cc(-c4cccc5c4CCCS5)c(Cl)cc23)CCN1C(=O)C(=C)F. The zero-order valence-corrected chi connectivity index (χ0v) is 26.8. The lowest BCUT2D eigenvalue weighted by molar-refractivity contribution is -0.131. The highest BCUT2D eigenvalue weighted by molar-refractivity contribution is 7.99. The van der Waals surface area contributed by atoms with Crippen LogP contribution < -0.4 is 9.64 Å². The van der Waals surface area contributed by atoms with Crippen molar-refractivity contribution < 1.29 is 13.9 Å². The van der Waals surface area contributed by atoms with Gasteiger partial charge in [0.25, 0.3) is 5.91 Å². The average molecular weight is 645 g/mol. The first-order chi connectivity index (χ1) is 21.8. The number of anilines is 1. The van der Waals surface area contributed by atoms with E-state index in [4.69, 9.17) is 27.9 Å². The molecule has 45 heavy (non-hydrogen) atoms. The molecule has 4 heterocycles. The van der Waals surface area contributed by atoms with Crippen molar-refractivity contribution in [1.82, 2.24) is 14.8 Å². The largest absolute Gasteiger partial charge is 0.475 e. The summed E-state index contributed by atoms with van der Waals surface area (Å²) in [7, 11) is 2.07. The molecular formula is C34H34ClFN6O2S. The van der Waals surface area contributed by atoms with Crippen molar-refractivity contribution >= 4 is 45.9 Å². The molecule has 3 aliphatic rings. The lowest BCUT2D eigenvalue weighted by atomic mass is 9.94. The van der Waals surface area contributed by atoms with Gasteiger partial charge in [0.1, 0.15) is 24.3 Å². The Hall–Kier alpha value is -3.83. The van der Waals surface area contributed by atoms with Crippen LogP contribution >= 0.6 is 23.4 Å². The molecule has 0 spiro atoms. The van der Waals surface area contributed by atoms with Gasteiger partial charge in [-0.3, -0.25) is 4.79 Å². The molecule has 1 aromatic heterocycles. The van der Waals surface area contributed by atoms with Crippen LogP contribution in [-0.2, 0) is 11.2 Å². The normalized spacial score (nSPS) is 20.0. The number of likely N-dealkylation sites (tertiary alicyclic amines) is 1. The maximum atomic E-state index is 13.9. The Morgan fingerprint density at radius 1 is 1.27 bits per heavy atom. The molecule has 11 heteroatoms. The van der Waals surface area contributed by atoms with Crippen molar-refractivity contribution in [3.63, 3.8) is 0 Å². The van der Waals surface area contributed by atoms with Gasteiger partial charge in [-0.1, -0.05) is 30.3 Å². The molecule has 2 saturated heterocycles. The first-order valence-corrected chi connectivity index (χ1v) is 16.6. The number of amides is 1. The highest BCUT2D eigenvalue weighted by Crippen LogP contribution is 2.44. The predicted molar refractivity (Wildman–Crippen MR) is 177 cm³/mol. The number of carbonyl (C=O) groups is 1. The predicted octanol–water partition coefficient (Wildman–Crippen LogP) is 6.36. The lowest BCUT2D eigenvalue weighted by Crippen LogP contribution is -2.56. The number of thioether (sulfide) groups is 1. The van der Waals surface area contributed by atoms with Crippen LogP contribution in [0, 0.1) is 17.9 Å². The molecule has 3 aromatic rings. The Kier molecular flexibility index (Phi) is 9.18. The van der Waals surface area contributed by atoms with Crippen LogP contribution in [0.5, 0.6) is 5.88 Å². The standard InChI is InChI=1S/C34H34ClFN6O2S/c1-21(36)34(43)42-13-12-41(19-23(42)18-38-2)32-27-15-29(35)26(24-8-4-10-31-25(24)9-6-14-45-31)16-30(27)39-33(28(32)17-37)44-20-22-7-5-11-40(22)3/h4,8,10,15-16,22-23H,1,5-7,9,11-14,18-20H2,3H3/t22-,23-/m0/s1. The molecule has 2 aromatic carbocycles. The van der Waals surface area contributed by atoms with Crippen LogP contribution in [0.25, 0.3) is 26.9 Å². The van der Waals surface area contributed by atoms with Crippen LogP contribution in [0.2, 0.25) is 5.02 Å². The molecule has 2 atom stereocenters. The number of likely N-dealkylation sites (N-methyl/N-ethyl adjacent to an activating group) is 1. The van der Waals surface area contributed by atoms with Crippen LogP contribution in [0.15, 0.2) is 47.6 Å². The monoisotopic (exact) mass is 644 g/mol. The fourth-order valence-electron chi connectivity index (χ4n) is 6.74. The first kappa shape index (κ1) is 31.2. The zero-order chi connectivity index (χ0) is 31.7. The zero-order valence-electron chi connectivity index (χ0n) is 25.2. The second-order valence-electron chi connectivity index (χ2n) is 11.8. The van der Waals surface area contributed by atoms with Gasteiger partial charge in [0.15, 0.2) is 5.83 Å². The van der Waals surface area contributed by atoms with Gasteiger partial charge in [0.2, 0.25) is 12.4 Å². The van der Waals surface area contributed by atoms with Crippen LogP contribution in [0.4, 0.5) is 10.1 Å². The smallest absolute Gasteiger partial charge is 0.282 e. The molecule has 0 bridgehead atoms. The summed E-state index contributed by atoms with van der Waals surface area (Å²) < 4.78 is 20.2. The Labute approximate surface area is 272 Å². The summed E-state index contributed by atoms with van der Waals surface area (Å²) in [6, 6.07) is 12.1. The molecule has 2 fully saturated rings. The highest BCUT2D eigenvalue weighted by Gasteiger charge is 2.36. The minimum atomic E-state index is -1.06. The number of fused-ring (bicyclic) bond motifs is 2. The van der Waals surface area contributed by atoms with Crippen molar-refractivity contribution in [2.75, 3.05) is 57.0 Å². The molecule has 232 valence electrons. The van der Waals surface area contributed by atoms with E-state index < -0.39 is 17.8 Å². The van der Waals surface area contributed by atoms with Gasteiger partial charge in [0, 0.05) is 46.5 Å². The molecule has 0 unspecified atom stereocenters. The summed E-state index contributed by atoms with van der Waals surface area (Å²) in [6.45, 7) is 12.7. The molecule has 0 N–H and O–H groups in total. The Balaban J connectivity index is 1.48. The summed E-state index contributed by atoms with van der Waals surface area (Å²) in [5, 5.41) is 11.8. The number of ether oxygens (including phenoxy) is 1. The lowest BCUT2D eigenvalue weighted by Gasteiger charge is -2.40. The molecular weight excluding hydrogens is 611 g/mol. The summed E-state index contributed by atoms with van der Waals surface area (Å²) in [4.78, 5) is 27.9. The van der Waals surface area contributed by atoms with Crippen molar-refractivity contribution in [3.8, 4) is 23.1 Å². The van der Waals surface area contributed by atoms with E-state index in [-0.39, 0.29) is 37.1 Å². The van der Waals surface area contributed by atoms with Crippen LogP contribution in [0.1, 0.15) is 30.4 Å².